The quantitative estimate of drug-likeness (QED) is 0.332. The van der Waals surface area contributed by atoms with Crippen molar-refractivity contribution >= 4 is 34.1 Å². The third-order valence-electron chi connectivity index (χ3n) is 6.43. The van der Waals surface area contributed by atoms with Crippen LogP contribution in [0.2, 0.25) is 0 Å². The van der Waals surface area contributed by atoms with E-state index in [4.69, 9.17) is 0 Å². The van der Waals surface area contributed by atoms with Crippen LogP contribution in [-0.4, -0.2) is 48.6 Å². The molecule has 0 aliphatic carbocycles. The average Bonchev–Trinajstić information content (AvgIpc) is 2.86. The minimum Gasteiger partial charge on any atom is -0.506 e. The van der Waals surface area contributed by atoms with Crippen LogP contribution >= 0.6 is 0 Å². The zero-order valence-electron chi connectivity index (χ0n) is 19.4. The van der Waals surface area contributed by atoms with Crippen LogP contribution < -0.4 is 21.5 Å². The summed E-state index contributed by atoms with van der Waals surface area (Å²) in [5.74, 6) is -0.274. The standard InChI is InChI=1S/C25H24N6O5/c1-14(32)15-9-11-30(12-10-15)17-7-5-16(6-8-17)27-24-26-13-18-22(28-24)29-25(36)31(23(18)35)21-19(33)3-2-4-20(21)34/h2-8,13,15,33-34H,9-12H2,1H3,(H2,26,27,28,29,36). The lowest BCUT2D eigenvalue weighted by Gasteiger charge is -2.32. The Morgan fingerprint density at radius 3 is 2.36 bits per heavy atom. The highest BCUT2D eigenvalue weighted by Crippen LogP contribution is 2.29. The number of benzene rings is 2. The van der Waals surface area contributed by atoms with Gasteiger partial charge in [0.15, 0.2) is 5.65 Å². The maximum atomic E-state index is 13.0. The summed E-state index contributed by atoms with van der Waals surface area (Å²) < 4.78 is 0.640. The van der Waals surface area contributed by atoms with Crippen molar-refractivity contribution in [3.8, 4) is 17.2 Å². The van der Waals surface area contributed by atoms with Crippen molar-refractivity contribution in [3.05, 3.63) is 69.5 Å². The van der Waals surface area contributed by atoms with E-state index >= 15 is 0 Å². The normalized spacial score (nSPS) is 14.2. The van der Waals surface area contributed by atoms with Crippen LogP contribution in [0.1, 0.15) is 19.8 Å². The molecular weight excluding hydrogens is 464 g/mol. The van der Waals surface area contributed by atoms with Gasteiger partial charge in [-0.25, -0.2) is 14.3 Å². The highest BCUT2D eigenvalue weighted by Gasteiger charge is 2.22. The van der Waals surface area contributed by atoms with Crippen LogP contribution in [0.5, 0.6) is 11.5 Å². The number of para-hydroxylation sites is 1. The first-order valence-electron chi connectivity index (χ1n) is 11.5. The van der Waals surface area contributed by atoms with Crippen LogP contribution in [0.15, 0.2) is 58.3 Å². The number of anilines is 3. The van der Waals surface area contributed by atoms with Crippen molar-refractivity contribution in [2.75, 3.05) is 23.3 Å². The number of H-pyrrole nitrogens is 1. The van der Waals surface area contributed by atoms with E-state index in [0.29, 0.717) is 10.3 Å². The van der Waals surface area contributed by atoms with E-state index in [9.17, 15) is 24.6 Å². The molecule has 0 saturated carbocycles. The van der Waals surface area contributed by atoms with Gasteiger partial charge in [-0.2, -0.15) is 4.98 Å². The zero-order valence-corrected chi connectivity index (χ0v) is 19.4. The van der Waals surface area contributed by atoms with Gasteiger partial charge in [-0.1, -0.05) is 6.07 Å². The molecule has 0 bridgehead atoms. The average molecular weight is 489 g/mol. The number of nitrogens with one attached hydrogen (secondary N) is 2. The number of piperidine rings is 1. The van der Waals surface area contributed by atoms with Gasteiger partial charge in [-0.3, -0.25) is 14.6 Å². The Kier molecular flexibility index (Phi) is 5.88. The first-order valence-corrected chi connectivity index (χ1v) is 11.5. The van der Waals surface area contributed by atoms with Gasteiger partial charge in [-0.05, 0) is 56.2 Å². The van der Waals surface area contributed by atoms with Gasteiger partial charge >= 0.3 is 5.69 Å². The summed E-state index contributed by atoms with van der Waals surface area (Å²) in [5, 5.41) is 23.2. The monoisotopic (exact) mass is 488 g/mol. The molecule has 1 aliphatic heterocycles. The molecule has 3 heterocycles. The lowest BCUT2D eigenvalue weighted by atomic mass is 9.93. The Balaban J connectivity index is 1.38. The molecule has 0 radical (unpaired) electrons. The van der Waals surface area contributed by atoms with Crippen LogP contribution in [0.4, 0.5) is 17.3 Å². The van der Waals surface area contributed by atoms with Crippen LogP contribution in [0.3, 0.4) is 0 Å². The number of ketones is 1. The maximum Gasteiger partial charge on any atom is 0.334 e. The molecule has 2 aromatic heterocycles. The lowest BCUT2D eigenvalue weighted by molar-refractivity contribution is -0.121. The molecular formula is C25H24N6O5. The number of Topliss-reactive ketones (excluding diaryl/α,β-unsaturated/α-hetero) is 1. The fourth-order valence-corrected chi connectivity index (χ4v) is 4.44. The van der Waals surface area contributed by atoms with Gasteiger partial charge in [0, 0.05) is 36.6 Å². The van der Waals surface area contributed by atoms with Gasteiger partial charge in [0.1, 0.15) is 28.4 Å². The molecule has 0 spiro atoms. The second-order valence-corrected chi connectivity index (χ2v) is 8.72. The highest BCUT2D eigenvalue weighted by atomic mass is 16.3. The maximum absolute atomic E-state index is 13.0. The Hall–Kier alpha value is -4.67. The Morgan fingerprint density at radius 1 is 1.06 bits per heavy atom. The molecule has 4 N–H and O–H groups in total. The summed E-state index contributed by atoms with van der Waals surface area (Å²) >= 11 is 0. The molecule has 4 aromatic rings. The molecule has 11 heteroatoms. The Bertz CT molecular complexity index is 1550. The number of hydrogen-bond acceptors (Lipinski definition) is 9. The molecule has 184 valence electrons. The van der Waals surface area contributed by atoms with Crippen LogP contribution in [0, 0.1) is 5.92 Å². The molecule has 0 unspecified atom stereocenters. The first kappa shape index (κ1) is 23.1. The molecule has 11 nitrogen and oxygen atoms in total. The molecule has 5 rings (SSSR count). The van der Waals surface area contributed by atoms with Crippen LogP contribution in [-0.2, 0) is 4.79 Å². The predicted octanol–water partition coefficient (Wildman–Crippen LogP) is 2.43. The predicted molar refractivity (Wildman–Crippen MR) is 134 cm³/mol. The number of fused-ring (bicyclic) bond motifs is 1. The summed E-state index contributed by atoms with van der Waals surface area (Å²) in [5.41, 5.74) is -0.190. The number of nitrogens with zero attached hydrogens (tertiary/aromatic N) is 4. The van der Waals surface area contributed by atoms with E-state index in [1.165, 1.54) is 24.4 Å². The van der Waals surface area contributed by atoms with Gasteiger partial charge in [-0.15, -0.1) is 0 Å². The number of aromatic hydroxyl groups is 2. The first-order chi connectivity index (χ1) is 17.3. The molecule has 2 aromatic carbocycles. The van der Waals surface area contributed by atoms with E-state index in [0.717, 1.165) is 31.6 Å². The topological polar surface area (TPSA) is 153 Å². The zero-order chi connectivity index (χ0) is 25.4. The SMILES string of the molecule is CC(=O)C1CCN(c2ccc(Nc3ncc4c(=O)n(-c5c(O)cccc5O)c(=O)[nH]c4n3)cc2)CC1. The number of rotatable bonds is 5. The van der Waals surface area contributed by atoms with E-state index in [-0.39, 0.29) is 34.4 Å². The number of aromatic nitrogens is 4. The second kappa shape index (κ2) is 9.17. The second-order valence-electron chi connectivity index (χ2n) is 8.72. The molecule has 0 amide bonds. The molecule has 1 fully saturated rings. The lowest BCUT2D eigenvalue weighted by Crippen LogP contribution is -2.35. The van der Waals surface area contributed by atoms with E-state index in [2.05, 4.69) is 25.2 Å². The number of carbonyl (C=O) groups excluding carboxylic acids is 1. The van der Waals surface area contributed by atoms with Crippen molar-refractivity contribution in [1.29, 1.82) is 0 Å². The van der Waals surface area contributed by atoms with Crippen molar-refractivity contribution in [2.24, 2.45) is 5.92 Å². The van der Waals surface area contributed by atoms with E-state index in [1.54, 1.807) is 6.92 Å². The third kappa shape index (κ3) is 4.26. The van der Waals surface area contributed by atoms with E-state index < -0.39 is 22.7 Å². The summed E-state index contributed by atoms with van der Waals surface area (Å²) in [6.45, 7) is 3.31. The third-order valence-corrected chi connectivity index (χ3v) is 6.43. The van der Waals surface area contributed by atoms with Crippen LogP contribution in [0.25, 0.3) is 16.7 Å². The summed E-state index contributed by atoms with van der Waals surface area (Å²) in [6, 6.07) is 11.6. The minimum atomic E-state index is -0.869. The largest absolute Gasteiger partial charge is 0.506 e. The van der Waals surface area contributed by atoms with Crippen molar-refractivity contribution in [2.45, 2.75) is 19.8 Å². The number of carbonyl (C=O) groups is 1. The molecule has 36 heavy (non-hydrogen) atoms. The highest BCUT2D eigenvalue weighted by molar-refractivity contribution is 5.78. The number of hydrogen-bond donors (Lipinski definition) is 4. The van der Waals surface area contributed by atoms with Gasteiger partial charge in [0.25, 0.3) is 5.56 Å². The van der Waals surface area contributed by atoms with Gasteiger partial charge in [0.05, 0.1) is 0 Å². The smallest absolute Gasteiger partial charge is 0.334 e. The Labute approximate surface area is 204 Å². The Morgan fingerprint density at radius 2 is 1.72 bits per heavy atom. The molecule has 0 atom stereocenters. The van der Waals surface area contributed by atoms with Crippen molar-refractivity contribution in [3.63, 3.8) is 0 Å². The summed E-state index contributed by atoms with van der Waals surface area (Å²) in [7, 11) is 0. The minimum absolute atomic E-state index is 0.00659. The number of aromatic amines is 1. The van der Waals surface area contributed by atoms with E-state index in [1.807, 2.05) is 24.3 Å². The fraction of sp³-hybridized carbons (Fsp3) is 0.240. The number of phenols is 2. The van der Waals surface area contributed by atoms with Crippen molar-refractivity contribution < 1.29 is 15.0 Å². The molecule has 1 aliphatic rings. The fourth-order valence-electron chi connectivity index (χ4n) is 4.44. The van der Waals surface area contributed by atoms with Gasteiger partial charge < -0.3 is 20.4 Å². The summed E-state index contributed by atoms with van der Waals surface area (Å²) in [4.78, 5) is 50.4. The molecule has 1 saturated heterocycles. The number of phenolic OH excluding ortho intramolecular Hbond substituents is 2. The van der Waals surface area contributed by atoms with Gasteiger partial charge in [0.2, 0.25) is 5.95 Å². The summed E-state index contributed by atoms with van der Waals surface area (Å²) in [6.07, 6.45) is 2.97. The van der Waals surface area contributed by atoms with Crippen molar-refractivity contribution in [1.82, 2.24) is 19.5 Å².